The Morgan fingerprint density at radius 3 is 2.72 bits per heavy atom. The fraction of sp³-hybridized carbons (Fsp3) is 0.100. The number of pyridine rings is 1. The first-order valence-electron chi connectivity index (χ1n) is 4.93. The number of tetrazole rings is 1. The van der Waals surface area contributed by atoms with E-state index in [-0.39, 0.29) is 0 Å². The first-order chi connectivity index (χ1) is 8.72. The Labute approximate surface area is 101 Å². The van der Waals surface area contributed by atoms with E-state index in [0.29, 0.717) is 5.69 Å². The van der Waals surface area contributed by atoms with E-state index >= 15 is 0 Å². The summed E-state index contributed by atoms with van der Waals surface area (Å²) in [5.41, 5.74) is 0.0362. The Kier molecular flexibility index (Phi) is 3.28. The molecule has 0 spiro atoms. The molecular formula is C10H9N5O3. The molecule has 0 saturated carbocycles. The summed E-state index contributed by atoms with van der Waals surface area (Å²) in [6.07, 6.45) is 5.32. The summed E-state index contributed by atoms with van der Waals surface area (Å²) in [5, 5.41) is 7.28. The van der Waals surface area contributed by atoms with E-state index in [4.69, 9.17) is 0 Å². The van der Waals surface area contributed by atoms with Gasteiger partial charge in [0, 0.05) is 24.7 Å². The summed E-state index contributed by atoms with van der Waals surface area (Å²) in [6, 6.07) is 3.23. The zero-order valence-electron chi connectivity index (χ0n) is 9.42. The molecule has 0 saturated heterocycles. The third-order valence-corrected chi connectivity index (χ3v) is 2.06. The van der Waals surface area contributed by atoms with E-state index < -0.39 is 11.7 Å². The van der Waals surface area contributed by atoms with E-state index in [9.17, 15) is 9.59 Å². The number of carbonyl (C=O) groups is 1. The maximum atomic E-state index is 11.8. The monoisotopic (exact) mass is 247 g/mol. The number of rotatable bonds is 3. The van der Waals surface area contributed by atoms with Crippen LogP contribution in [0.4, 0.5) is 0 Å². The lowest BCUT2D eigenvalue weighted by Gasteiger charge is -1.94. The van der Waals surface area contributed by atoms with Gasteiger partial charge in [0.25, 0.3) is 0 Å². The molecule has 2 heterocycles. The molecule has 0 aliphatic heterocycles. The van der Waals surface area contributed by atoms with Gasteiger partial charge < -0.3 is 4.74 Å². The quantitative estimate of drug-likeness (QED) is 0.534. The Hall–Kier alpha value is -2.77. The number of nitrogens with zero attached hydrogens (tertiary/aromatic N) is 5. The van der Waals surface area contributed by atoms with Crippen LogP contribution in [0.15, 0.2) is 35.4 Å². The second-order valence-corrected chi connectivity index (χ2v) is 3.16. The van der Waals surface area contributed by atoms with Crippen LogP contribution in [0.5, 0.6) is 0 Å². The van der Waals surface area contributed by atoms with Crippen molar-refractivity contribution in [3.05, 3.63) is 41.1 Å². The van der Waals surface area contributed by atoms with Gasteiger partial charge in [-0.3, -0.25) is 4.98 Å². The van der Waals surface area contributed by atoms with E-state index in [1.54, 1.807) is 12.1 Å². The highest BCUT2D eigenvalue weighted by Crippen LogP contribution is 1.98. The minimum atomic E-state index is -0.583. The standard InChI is InChI=1S/C10H9N5O3/c1-18-9(16)4-7-14-10(17)15(13-12-14)8-2-5-11-6-3-8/h2-7H,1H3/b7-4+. The number of aromatic nitrogens is 5. The van der Waals surface area contributed by atoms with Crippen LogP contribution >= 0.6 is 0 Å². The number of hydrogen-bond acceptors (Lipinski definition) is 6. The summed E-state index contributed by atoms with van der Waals surface area (Å²) in [7, 11) is 1.24. The molecule has 2 aromatic heterocycles. The maximum absolute atomic E-state index is 11.8. The molecular weight excluding hydrogens is 238 g/mol. The number of methoxy groups -OCH3 is 1. The lowest BCUT2D eigenvalue weighted by Crippen LogP contribution is -2.21. The van der Waals surface area contributed by atoms with Gasteiger partial charge in [0.1, 0.15) is 0 Å². The molecule has 0 amide bonds. The number of ether oxygens (including phenoxy) is 1. The van der Waals surface area contributed by atoms with Crippen molar-refractivity contribution in [1.29, 1.82) is 0 Å². The highest BCUT2D eigenvalue weighted by molar-refractivity contribution is 5.84. The fourth-order valence-corrected chi connectivity index (χ4v) is 1.20. The topological polar surface area (TPSA) is 91.9 Å². The van der Waals surface area contributed by atoms with E-state index in [1.165, 1.54) is 25.7 Å². The molecule has 2 rings (SSSR count). The SMILES string of the molecule is COC(=O)/C=C/n1nnn(-c2ccncc2)c1=O. The molecule has 0 fully saturated rings. The molecule has 0 aliphatic carbocycles. The third-order valence-electron chi connectivity index (χ3n) is 2.06. The van der Waals surface area contributed by atoms with Crippen LogP contribution in [0.25, 0.3) is 11.9 Å². The van der Waals surface area contributed by atoms with Crippen molar-refractivity contribution in [2.24, 2.45) is 0 Å². The second kappa shape index (κ2) is 5.04. The van der Waals surface area contributed by atoms with E-state index in [1.807, 2.05) is 0 Å². The Morgan fingerprint density at radius 1 is 1.33 bits per heavy atom. The van der Waals surface area contributed by atoms with Gasteiger partial charge in [0.05, 0.1) is 12.8 Å². The molecule has 92 valence electrons. The lowest BCUT2D eigenvalue weighted by molar-refractivity contribution is -0.134. The van der Waals surface area contributed by atoms with Crippen LogP contribution in [0, 0.1) is 0 Å². The molecule has 8 heteroatoms. The Morgan fingerprint density at radius 2 is 2.06 bits per heavy atom. The van der Waals surface area contributed by atoms with Crippen molar-refractivity contribution in [3.63, 3.8) is 0 Å². The van der Waals surface area contributed by atoms with Gasteiger partial charge in [-0.2, -0.15) is 9.36 Å². The Bertz CT molecular complexity index is 628. The number of hydrogen-bond donors (Lipinski definition) is 0. The smallest absolute Gasteiger partial charge is 0.372 e. The molecule has 18 heavy (non-hydrogen) atoms. The third kappa shape index (κ3) is 2.32. The van der Waals surface area contributed by atoms with Crippen LogP contribution in [0.3, 0.4) is 0 Å². The normalized spacial score (nSPS) is 10.7. The molecule has 2 aromatic rings. The van der Waals surface area contributed by atoms with Gasteiger partial charge >= 0.3 is 11.7 Å². The average molecular weight is 247 g/mol. The summed E-state index contributed by atoms with van der Waals surface area (Å²) >= 11 is 0. The maximum Gasteiger partial charge on any atom is 0.372 e. The highest BCUT2D eigenvalue weighted by atomic mass is 16.5. The zero-order valence-corrected chi connectivity index (χ0v) is 9.42. The fourth-order valence-electron chi connectivity index (χ4n) is 1.20. The molecule has 0 N–H and O–H groups in total. The largest absolute Gasteiger partial charge is 0.466 e. The van der Waals surface area contributed by atoms with Crippen molar-refractivity contribution in [2.45, 2.75) is 0 Å². The van der Waals surface area contributed by atoms with Crippen LogP contribution in [0.2, 0.25) is 0 Å². The Balaban J connectivity index is 2.33. The summed E-state index contributed by atoms with van der Waals surface area (Å²) < 4.78 is 6.41. The average Bonchev–Trinajstić information content (AvgIpc) is 2.78. The van der Waals surface area contributed by atoms with Crippen molar-refractivity contribution >= 4 is 12.2 Å². The van der Waals surface area contributed by atoms with Gasteiger partial charge in [-0.15, -0.1) is 0 Å². The van der Waals surface area contributed by atoms with Gasteiger partial charge in [-0.1, -0.05) is 0 Å². The van der Waals surface area contributed by atoms with Crippen molar-refractivity contribution < 1.29 is 9.53 Å². The van der Waals surface area contributed by atoms with Crippen molar-refractivity contribution in [3.8, 4) is 5.69 Å². The molecule has 8 nitrogen and oxygen atoms in total. The minimum absolute atomic E-state index is 0.499. The van der Waals surface area contributed by atoms with Crippen LogP contribution < -0.4 is 5.69 Å². The minimum Gasteiger partial charge on any atom is -0.466 e. The van der Waals surface area contributed by atoms with Gasteiger partial charge in [-0.05, 0) is 22.6 Å². The predicted molar refractivity (Wildman–Crippen MR) is 60.8 cm³/mol. The van der Waals surface area contributed by atoms with Crippen LogP contribution in [-0.4, -0.2) is 37.9 Å². The van der Waals surface area contributed by atoms with Crippen molar-refractivity contribution in [1.82, 2.24) is 24.8 Å². The summed E-state index contributed by atoms with van der Waals surface area (Å²) in [6.45, 7) is 0. The molecule has 0 unspecified atom stereocenters. The van der Waals surface area contributed by atoms with Crippen LogP contribution in [-0.2, 0) is 9.53 Å². The van der Waals surface area contributed by atoms with E-state index in [0.717, 1.165) is 15.4 Å². The molecule has 0 aliphatic rings. The van der Waals surface area contributed by atoms with Gasteiger partial charge in [0.15, 0.2) is 0 Å². The molecule has 0 aromatic carbocycles. The van der Waals surface area contributed by atoms with Gasteiger partial charge in [-0.25, -0.2) is 9.59 Å². The summed E-state index contributed by atoms with van der Waals surface area (Å²) in [5.74, 6) is -0.583. The molecule has 0 bridgehead atoms. The first-order valence-corrected chi connectivity index (χ1v) is 4.93. The van der Waals surface area contributed by atoms with E-state index in [2.05, 4.69) is 20.1 Å². The zero-order chi connectivity index (χ0) is 13.0. The van der Waals surface area contributed by atoms with Crippen molar-refractivity contribution in [2.75, 3.05) is 7.11 Å². The number of esters is 1. The highest BCUT2D eigenvalue weighted by Gasteiger charge is 2.06. The van der Waals surface area contributed by atoms with Crippen LogP contribution in [0.1, 0.15) is 0 Å². The van der Waals surface area contributed by atoms with Gasteiger partial charge in [0.2, 0.25) is 0 Å². The predicted octanol–water partition coefficient (Wildman–Crippen LogP) is -0.532. The number of carbonyl (C=O) groups excluding carboxylic acids is 1. The molecule has 0 radical (unpaired) electrons. The lowest BCUT2D eigenvalue weighted by atomic mass is 10.4. The summed E-state index contributed by atoms with van der Waals surface area (Å²) in [4.78, 5) is 26.6. The molecule has 0 atom stereocenters. The second-order valence-electron chi connectivity index (χ2n) is 3.16. The first kappa shape index (κ1) is 11.7.